The zero-order chi connectivity index (χ0) is 17.0. The lowest BCUT2D eigenvalue weighted by molar-refractivity contribution is -0.0937. The van der Waals surface area contributed by atoms with Crippen LogP contribution in [-0.2, 0) is 4.74 Å². The van der Waals surface area contributed by atoms with Crippen LogP contribution in [0.15, 0.2) is 12.1 Å². The van der Waals surface area contributed by atoms with Crippen molar-refractivity contribution in [3.8, 4) is 17.2 Å². The van der Waals surface area contributed by atoms with Crippen molar-refractivity contribution in [3.05, 3.63) is 17.7 Å². The molecule has 20 heavy (non-hydrogen) atoms. The highest BCUT2D eigenvalue weighted by Gasteiger charge is 2.32. The molecule has 4 atom stereocenters. The molecule has 0 radical (unpaired) electrons. The lowest BCUT2D eigenvalue weighted by Crippen LogP contribution is -2.23. The van der Waals surface area contributed by atoms with Gasteiger partial charge in [-0.05, 0) is 25.6 Å². The Balaban J connectivity index is 2.45. The third kappa shape index (κ3) is 2.99. The minimum atomic E-state index is -1.00. The molecule has 0 bridgehead atoms. The average molecular weight is 305 g/mol. The molecule has 1 aliphatic rings. The van der Waals surface area contributed by atoms with Crippen molar-refractivity contribution < 1.29 is 30.9 Å². The average Bonchev–Trinajstić information content (AvgIpc) is 2.56. The summed E-state index contributed by atoms with van der Waals surface area (Å²) in [6.07, 6.45) is -1.48. The molecule has 1 saturated heterocycles. The van der Waals surface area contributed by atoms with Gasteiger partial charge in [0.05, 0.1) is 26.9 Å². The number of hydrogen-bond acceptors (Lipinski definition) is 6. The molecule has 1 aromatic carbocycles. The number of phenolic OH excluding ortho intramolecular Hbond substituents is 1. The van der Waals surface area contributed by atoms with Crippen molar-refractivity contribution in [3.63, 3.8) is 0 Å². The monoisotopic (exact) mass is 305 g/mol. The first-order valence-electron chi connectivity index (χ1n) is 7.39. The number of methoxy groups -OCH3 is 2. The van der Waals surface area contributed by atoms with E-state index in [-0.39, 0.29) is 35.6 Å². The van der Waals surface area contributed by atoms with E-state index >= 15 is 0 Å². The summed E-state index contributed by atoms with van der Waals surface area (Å²) in [7, 11) is 1.84. The second-order valence-corrected chi connectivity index (χ2v) is 6.54. The molecule has 0 amide bonds. The van der Waals surface area contributed by atoms with Crippen LogP contribution in [-0.4, -0.2) is 51.4 Å². The number of benzene rings is 1. The molecule has 3 N–H and O–H groups in total. The molecule has 0 unspecified atom stereocenters. The summed E-state index contributed by atoms with van der Waals surface area (Å²) in [6.45, 7) is 0. The van der Waals surface area contributed by atoms with Crippen LogP contribution in [0.2, 0.25) is 0 Å². The lowest BCUT2D eigenvalue weighted by atomic mass is 10.1. The second kappa shape index (κ2) is 6.59. The molecule has 2 rings (SSSR count). The van der Waals surface area contributed by atoms with Gasteiger partial charge in [0.2, 0.25) is 8.61 Å². The highest BCUT2D eigenvalue weighted by atomic mass is 31.1. The third-order valence-electron chi connectivity index (χ3n) is 3.15. The van der Waals surface area contributed by atoms with Crippen molar-refractivity contribution in [2.45, 2.75) is 18.3 Å². The van der Waals surface area contributed by atoms with Crippen LogP contribution in [0.25, 0.3) is 0 Å². The van der Waals surface area contributed by atoms with Gasteiger partial charge >= 0.3 is 0 Å². The quantitative estimate of drug-likeness (QED) is 0.692. The van der Waals surface area contributed by atoms with Crippen molar-refractivity contribution in [1.29, 1.82) is 2.86 Å². The van der Waals surface area contributed by atoms with Gasteiger partial charge in [0.25, 0.3) is 0 Å². The highest BCUT2D eigenvalue weighted by Crippen LogP contribution is 2.57. The van der Waals surface area contributed by atoms with E-state index in [4.69, 9.17) is 18.4 Å². The van der Waals surface area contributed by atoms with Gasteiger partial charge in [-0.1, -0.05) is 0 Å². The molecule has 0 saturated carbocycles. The van der Waals surface area contributed by atoms with E-state index in [9.17, 15) is 5.11 Å². The Bertz CT molecular complexity index is 507. The summed E-state index contributed by atoms with van der Waals surface area (Å²) in [5, 5.41) is 19.0. The number of aliphatic hydroxyl groups is 2. The van der Waals surface area contributed by atoms with Gasteiger partial charge < -0.3 is 29.5 Å². The van der Waals surface area contributed by atoms with Crippen molar-refractivity contribution in [2.75, 3.05) is 26.9 Å². The van der Waals surface area contributed by atoms with E-state index in [1.165, 1.54) is 14.2 Å². The number of rotatable bonds is 6. The lowest BCUT2D eigenvalue weighted by Gasteiger charge is -2.34. The van der Waals surface area contributed by atoms with E-state index in [1.54, 1.807) is 12.1 Å². The van der Waals surface area contributed by atoms with Gasteiger partial charge in [0.1, 0.15) is 0 Å². The normalized spacial score (nSPS) is 32.0. The Hall–Kier alpha value is -1.07. The van der Waals surface area contributed by atoms with Crippen LogP contribution >= 0.6 is 7.92 Å². The molecular weight excluding hydrogens is 283 g/mol. The maximum Gasteiger partial charge on any atom is 0.213 e. The van der Waals surface area contributed by atoms with Gasteiger partial charge in [-0.15, -0.1) is 0 Å². The minimum Gasteiger partial charge on any atom is -0.502 e. The number of hydrogen-bond donors (Lipinski definition) is 3. The van der Waals surface area contributed by atoms with E-state index in [2.05, 4.69) is 10.2 Å². The maximum absolute atomic E-state index is 10.0. The van der Waals surface area contributed by atoms with Crippen molar-refractivity contribution in [2.24, 2.45) is 0 Å². The molecule has 7 heteroatoms. The summed E-state index contributed by atoms with van der Waals surface area (Å²) >= 11 is 0. The molecular formula is C13H19O6P. The fourth-order valence-corrected chi connectivity index (χ4v) is 3.79. The molecule has 6 nitrogen and oxygen atoms in total. The largest absolute Gasteiger partial charge is 0.502 e. The van der Waals surface area contributed by atoms with Crippen LogP contribution in [0, 0.1) is 0 Å². The Morgan fingerprint density at radius 1 is 1.45 bits per heavy atom. The Labute approximate surface area is 123 Å². The number of phenols is 1. The fourth-order valence-electron chi connectivity index (χ4n) is 2.10. The van der Waals surface area contributed by atoms with E-state index in [1.807, 2.05) is 0 Å². The van der Waals surface area contributed by atoms with Crippen molar-refractivity contribution in [1.82, 2.24) is 0 Å². The summed E-state index contributed by atoms with van der Waals surface area (Å²) in [6, 6.07) is 3.24. The fraction of sp³-hybridized carbons (Fsp3) is 0.538. The SMILES string of the molecule is [2H]OC[P@@]1CO[C@@H](O[2H])[C@@H]([2H])[C@H]1c1cc(OC)c(O)c(OC)c1. The van der Waals surface area contributed by atoms with Gasteiger partial charge in [-0.3, -0.25) is 0 Å². The second-order valence-electron chi connectivity index (χ2n) is 4.29. The topological polar surface area (TPSA) is 88.4 Å². The number of aliphatic hydroxyl groups excluding tert-OH is 2. The number of aromatic hydroxyl groups is 1. The predicted octanol–water partition coefficient (Wildman–Crippen LogP) is 1.58. The highest BCUT2D eigenvalue weighted by molar-refractivity contribution is 7.57. The summed E-state index contributed by atoms with van der Waals surface area (Å²) in [4.78, 5) is 0. The first-order valence-corrected chi connectivity index (χ1v) is 7.78. The molecule has 0 aromatic heterocycles. The van der Waals surface area contributed by atoms with Gasteiger partial charge in [0, 0.05) is 13.4 Å². The summed E-state index contributed by atoms with van der Waals surface area (Å²) < 4.78 is 38.0. The smallest absolute Gasteiger partial charge is 0.213 e. The van der Waals surface area contributed by atoms with Gasteiger partial charge in [0.15, 0.2) is 17.8 Å². The third-order valence-corrected chi connectivity index (χ3v) is 5.22. The molecule has 112 valence electrons. The Kier molecular flexibility index (Phi) is 3.81. The molecule has 1 heterocycles. The summed E-state index contributed by atoms with van der Waals surface area (Å²) in [5.41, 5.74) is 0.313. The molecule has 1 fully saturated rings. The standard InChI is InChI=1S/C13H19O6P/c1-17-9-3-8(4-10(18-2)13(9)16)11-5-12(15)19-7-20(11)6-14/h3-4,11-12,14-16H,5-7H2,1-2H3/t11-,12+,20-/m0/s1/i5D,14D,15D/t5-,11-,12+,20-. The van der Waals surface area contributed by atoms with E-state index in [0.29, 0.717) is 5.56 Å². The molecule has 0 spiro atoms. The van der Waals surface area contributed by atoms with Crippen LogP contribution in [0.1, 0.15) is 19.0 Å². The first kappa shape index (κ1) is 11.6. The zero-order valence-electron chi connectivity index (χ0n) is 14.2. The van der Waals surface area contributed by atoms with E-state index in [0.717, 1.165) is 0 Å². The minimum absolute atomic E-state index is 0.123. The summed E-state index contributed by atoms with van der Waals surface area (Å²) in [5.74, 6) is 0.327. The van der Waals surface area contributed by atoms with Gasteiger partial charge in [-0.25, -0.2) is 0 Å². The van der Waals surface area contributed by atoms with E-state index < -0.39 is 20.6 Å². The zero-order valence-corrected chi connectivity index (χ0v) is 12.1. The van der Waals surface area contributed by atoms with Crippen LogP contribution in [0.5, 0.6) is 17.2 Å². The molecule has 0 aliphatic carbocycles. The molecule has 1 aromatic rings. The van der Waals surface area contributed by atoms with Gasteiger partial charge in [-0.2, -0.15) is 0 Å². The van der Waals surface area contributed by atoms with Crippen LogP contribution < -0.4 is 9.47 Å². The van der Waals surface area contributed by atoms with Crippen molar-refractivity contribution >= 4 is 7.92 Å². The molecule has 1 aliphatic heterocycles. The Morgan fingerprint density at radius 3 is 2.70 bits per heavy atom. The first-order chi connectivity index (χ1) is 11.1. The Morgan fingerprint density at radius 2 is 2.15 bits per heavy atom. The van der Waals surface area contributed by atoms with Crippen LogP contribution in [0.4, 0.5) is 0 Å². The predicted molar refractivity (Wildman–Crippen MR) is 74.5 cm³/mol. The maximum atomic E-state index is 10.0. The van der Waals surface area contributed by atoms with Crippen LogP contribution in [0.3, 0.4) is 0 Å². The number of ether oxygens (including phenoxy) is 3.